The quantitative estimate of drug-likeness (QED) is 0.711. The second-order valence-corrected chi connectivity index (χ2v) is 3.39. The smallest absolute Gasteiger partial charge is 0.304 e. The molecule has 4 heteroatoms. The maximum absolute atomic E-state index is 10.5. The molecule has 0 saturated heterocycles. The average molecular weight is 168 g/mol. The lowest BCUT2D eigenvalue weighted by molar-refractivity contribution is -0.138. The van der Waals surface area contributed by atoms with Gasteiger partial charge < -0.3 is 10.1 Å². The molecule has 0 unspecified atom stereocenters. The summed E-state index contributed by atoms with van der Waals surface area (Å²) in [5, 5.41) is 8.61. The van der Waals surface area contributed by atoms with Crippen LogP contribution in [0.3, 0.4) is 0 Å². The Labute approximate surface area is 70.6 Å². The first-order chi connectivity index (χ1) is 5.52. The van der Waals surface area contributed by atoms with E-state index in [1.165, 1.54) is 0 Å². The van der Waals surface area contributed by atoms with E-state index in [4.69, 9.17) is 5.11 Å². The third-order valence-electron chi connectivity index (χ3n) is 1.73. The lowest BCUT2D eigenvalue weighted by Crippen LogP contribution is -2.23. The third-order valence-corrected chi connectivity index (χ3v) is 1.73. The van der Waals surface area contributed by atoms with Gasteiger partial charge in [0.15, 0.2) is 0 Å². The summed E-state index contributed by atoms with van der Waals surface area (Å²) in [5.74, 6) is -0.0960. The zero-order chi connectivity index (χ0) is 9.19. The number of carbonyl (C=O) groups is 1. The van der Waals surface area contributed by atoms with Gasteiger partial charge >= 0.3 is 5.97 Å². The molecule has 4 nitrogen and oxygen atoms in total. The van der Waals surface area contributed by atoms with Crippen LogP contribution in [-0.2, 0) is 10.2 Å². The monoisotopic (exact) mass is 168 g/mol. The molecule has 0 aliphatic carbocycles. The van der Waals surface area contributed by atoms with Crippen LogP contribution in [0.2, 0.25) is 0 Å². The van der Waals surface area contributed by atoms with Crippen molar-refractivity contribution in [2.75, 3.05) is 0 Å². The minimum Gasteiger partial charge on any atom is -0.481 e. The number of hydrogen-bond donors (Lipinski definition) is 2. The number of rotatable bonds is 3. The zero-order valence-electron chi connectivity index (χ0n) is 7.16. The first-order valence-corrected chi connectivity index (χ1v) is 3.74. The van der Waals surface area contributed by atoms with Crippen molar-refractivity contribution < 1.29 is 9.90 Å². The number of carboxylic acids is 1. The molecule has 0 aliphatic heterocycles. The molecule has 0 spiro atoms. The lowest BCUT2D eigenvalue weighted by Gasteiger charge is -2.18. The Balaban J connectivity index is 2.79. The molecule has 0 aromatic carbocycles. The van der Waals surface area contributed by atoms with E-state index in [0.717, 1.165) is 0 Å². The summed E-state index contributed by atoms with van der Waals surface area (Å²) in [5.41, 5.74) is -0.421. The van der Waals surface area contributed by atoms with Crippen LogP contribution in [0.15, 0.2) is 12.4 Å². The molecule has 1 aromatic heterocycles. The van der Waals surface area contributed by atoms with Crippen molar-refractivity contribution in [2.24, 2.45) is 0 Å². The molecular formula is C8H12N2O2. The van der Waals surface area contributed by atoms with Crippen molar-refractivity contribution >= 4 is 5.97 Å². The molecule has 12 heavy (non-hydrogen) atoms. The fraction of sp³-hybridized carbons (Fsp3) is 0.500. The van der Waals surface area contributed by atoms with E-state index in [9.17, 15) is 4.79 Å². The van der Waals surface area contributed by atoms with Crippen LogP contribution < -0.4 is 0 Å². The molecule has 0 bridgehead atoms. The van der Waals surface area contributed by atoms with Crippen molar-refractivity contribution in [3.63, 3.8) is 0 Å². The Bertz CT molecular complexity index is 265. The predicted octanol–water partition coefficient (Wildman–Crippen LogP) is 1.16. The minimum atomic E-state index is -0.809. The van der Waals surface area contributed by atoms with Gasteiger partial charge in [-0.3, -0.25) is 4.79 Å². The molecule has 0 atom stereocenters. The molecule has 0 aliphatic rings. The highest BCUT2D eigenvalue weighted by Crippen LogP contribution is 2.22. The van der Waals surface area contributed by atoms with Gasteiger partial charge in [0.25, 0.3) is 0 Å². The Morgan fingerprint density at radius 2 is 2.42 bits per heavy atom. The standard InChI is InChI=1S/C8H12N2O2/c1-8(2,5-6(11)12)7-9-3-4-10-7/h3-4H,5H2,1-2H3,(H,9,10)(H,11,12). The molecule has 0 saturated carbocycles. The van der Waals surface area contributed by atoms with Crippen LogP contribution in [0.1, 0.15) is 26.1 Å². The lowest BCUT2D eigenvalue weighted by atomic mass is 9.89. The van der Waals surface area contributed by atoms with Crippen LogP contribution in [0.5, 0.6) is 0 Å². The summed E-state index contributed by atoms with van der Waals surface area (Å²) in [4.78, 5) is 17.4. The number of nitrogens with one attached hydrogen (secondary N) is 1. The van der Waals surface area contributed by atoms with Gasteiger partial charge in [0.05, 0.1) is 6.42 Å². The van der Waals surface area contributed by atoms with Crippen molar-refractivity contribution in [2.45, 2.75) is 25.7 Å². The number of H-pyrrole nitrogens is 1. The van der Waals surface area contributed by atoms with Crippen molar-refractivity contribution in [1.29, 1.82) is 0 Å². The molecule has 0 amide bonds. The highest BCUT2D eigenvalue weighted by atomic mass is 16.4. The summed E-state index contributed by atoms with van der Waals surface area (Å²) in [6, 6.07) is 0. The highest BCUT2D eigenvalue weighted by molar-refractivity contribution is 5.68. The van der Waals surface area contributed by atoms with E-state index in [1.54, 1.807) is 12.4 Å². The van der Waals surface area contributed by atoms with Crippen molar-refractivity contribution in [1.82, 2.24) is 9.97 Å². The van der Waals surface area contributed by atoms with E-state index in [2.05, 4.69) is 9.97 Å². The van der Waals surface area contributed by atoms with E-state index < -0.39 is 11.4 Å². The van der Waals surface area contributed by atoms with Gasteiger partial charge in [0, 0.05) is 17.8 Å². The Morgan fingerprint density at radius 1 is 1.75 bits per heavy atom. The SMILES string of the molecule is CC(C)(CC(=O)O)c1ncc[nH]1. The number of nitrogens with zero attached hydrogens (tertiary/aromatic N) is 1. The van der Waals surface area contributed by atoms with Gasteiger partial charge in [-0.2, -0.15) is 0 Å². The normalized spacial score (nSPS) is 11.5. The first-order valence-electron chi connectivity index (χ1n) is 3.74. The molecule has 1 rings (SSSR count). The van der Waals surface area contributed by atoms with Gasteiger partial charge in [-0.1, -0.05) is 13.8 Å². The van der Waals surface area contributed by atoms with E-state index in [0.29, 0.717) is 5.82 Å². The first kappa shape index (κ1) is 8.77. The maximum atomic E-state index is 10.5. The van der Waals surface area contributed by atoms with Gasteiger partial charge in [0.1, 0.15) is 5.82 Å². The van der Waals surface area contributed by atoms with Gasteiger partial charge in [0.2, 0.25) is 0 Å². The van der Waals surface area contributed by atoms with Crippen LogP contribution >= 0.6 is 0 Å². The van der Waals surface area contributed by atoms with E-state index in [1.807, 2.05) is 13.8 Å². The largest absolute Gasteiger partial charge is 0.481 e. The number of imidazole rings is 1. The summed E-state index contributed by atoms with van der Waals surface area (Å²) >= 11 is 0. The van der Waals surface area contributed by atoms with Crippen LogP contribution in [0, 0.1) is 0 Å². The van der Waals surface area contributed by atoms with Crippen LogP contribution in [0.4, 0.5) is 0 Å². The molecule has 1 heterocycles. The number of carboxylic acid groups (broad SMARTS) is 1. The molecular weight excluding hydrogens is 156 g/mol. The second kappa shape index (κ2) is 2.97. The van der Waals surface area contributed by atoms with Gasteiger partial charge in [-0.05, 0) is 0 Å². The van der Waals surface area contributed by atoms with Crippen molar-refractivity contribution in [3.05, 3.63) is 18.2 Å². The Kier molecular flexibility index (Phi) is 2.17. The number of aromatic nitrogens is 2. The van der Waals surface area contributed by atoms with E-state index in [-0.39, 0.29) is 6.42 Å². The highest BCUT2D eigenvalue weighted by Gasteiger charge is 2.26. The van der Waals surface area contributed by atoms with E-state index >= 15 is 0 Å². The minimum absolute atomic E-state index is 0.0838. The summed E-state index contributed by atoms with van der Waals surface area (Å²) in [6.45, 7) is 3.69. The molecule has 1 aromatic rings. The number of hydrogen-bond acceptors (Lipinski definition) is 2. The summed E-state index contributed by atoms with van der Waals surface area (Å²) in [7, 11) is 0. The van der Waals surface area contributed by atoms with Gasteiger partial charge in [-0.15, -0.1) is 0 Å². The second-order valence-electron chi connectivity index (χ2n) is 3.39. The molecule has 2 N–H and O–H groups in total. The topological polar surface area (TPSA) is 66.0 Å². The Hall–Kier alpha value is -1.32. The zero-order valence-corrected chi connectivity index (χ0v) is 7.16. The molecule has 0 fully saturated rings. The molecule has 0 radical (unpaired) electrons. The Morgan fingerprint density at radius 3 is 2.83 bits per heavy atom. The van der Waals surface area contributed by atoms with Gasteiger partial charge in [-0.25, -0.2) is 4.98 Å². The maximum Gasteiger partial charge on any atom is 0.304 e. The summed E-state index contributed by atoms with van der Waals surface area (Å²) < 4.78 is 0. The van der Waals surface area contributed by atoms with Crippen LogP contribution in [-0.4, -0.2) is 21.0 Å². The predicted molar refractivity (Wildman–Crippen MR) is 43.9 cm³/mol. The van der Waals surface area contributed by atoms with Crippen molar-refractivity contribution in [3.8, 4) is 0 Å². The summed E-state index contributed by atoms with van der Waals surface area (Å²) in [6.07, 6.45) is 3.40. The fourth-order valence-electron chi connectivity index (χ4n) is 1.10. The number of aliphatic carboxylic acids is 1. The fourth-order valence-corrected chi connectivity index (χ4v) is 1.10. The number of aromatic amines is 1. The van der Waals surface area contributed by atoms with Crippen LogP contribution in [0.25, 0.3) is 0 Å². The average Bonchev–Trinajstić information content (AvgIpc) is 2.32. The third kappa shape index (κ3) is 1.84. The molecule has 66 valence electrons.